The van der Waals surface area contributed by atoms with Gasteiger partial charge in [-0.15, -0.1) is 0 Å². The number of hydrogen-bond acceptors (Lipinski definition) is 5. The van der Waals surface area contributed by atoms with Crippen molar-refractivity contribution in [3.05, 3.63) is 40.0 Å². The molecule has 0 radical (unpaired) electrons. The van der Waals surface area contributed by atoms with Gasteiger partial charge < -0.3 is 10.1 Å². The third-order valence-electron chi connectivity index (χ3n) is 2.67. The molecule has 1 aromatic rings. The Morgan fingerprint density at radius 1 is 1.68 bits per heavy atom. The van der Waals surface area contributed by atoms with E-state index in [4.69, 9.17) is 10.3 Å². The summed E-state index contributed by atoms with van der Waals surface area (Å²) in [5, 5.41) is 6.52. The number of ether oxygens (including phenoxy) is 1. The zero-order valence-electron chi connectivity index (χ0n) is 11.0. The van der Waals surface area contributed by atoms with Crippen molar-refractivity contribution in [1.29, 1.82) is 0 Å². The minimum Gasteiger partial charge on any atom is -0.468 e. The van der Waals surface area contributed by atoms with E-state index in [1.54, 1.807) is 12.4 Å². The van der Waals surface area contributed by atoms with Gasteiger partial charge in [0.25, 0.3) is 0 Å². The lowest BCUT2D eigenvalue weighted by molar-refractivity contribution is -0.143. The second-order valence-electron chi connectivity index (χ2n) is 3.95. The molecule has 0 aromatic carbocycles. The Kier molecular flexibility index (Phi) is 6.35. The first-order valence-electron chi connectivity index (χ1n) is 5.93. The monoisotopic (exact) mass is 263 g/mol. The van der Waals surface area contributed by atoms with Crippen LogP contribution in [0.25, 0.3) is 10.4 Å². The maximum Gasteiger partial charge on any atom is 0.327 e. The summed E-state index contributed by atoms with van der Waals surface area (Å²) in [6.45, 7) is 2.85. The van der Waals surface area contributed by atoms with E-state index in [1.807, 2.05) is 13.0 Å². The molecule has 0 amide bonds. The molecule has 1 heterocycles. The van der Waals surface area contributed by atoms with Crippen molar-refractivity contribution in [2.75, 3.05) is 20.2 Å². The number of esters is 1. The van der Waals surface area contributed by atoms with Crippen LogP contribution in [0, 0.1) is 6.92 Å². The third kappa shape index (κ3) is 4.57. The summed E-state index contributed by atoms with van der Waals surface area (Å²) in [6, 6.07) is 1.29. The average molecular weight is 263 g/mol. The van der Waals surface area contributed by atoms with E-state index in [2.05, 4.69) is 20.3 Å². The number of carbonyl (C=O) groups excluding carboxylic acids is 1. The van der Waals surface area contributed by atoms with Crippen molar-refractivity contribution >= 4 is 5.97 Å². The quantitative estimate of drug-likeness (QED) is 0.267. The highest BCUT2D eigenvalue weighted by molar-refractivity contribution is 5.77. The summed E-state index contributed by atoms with van der Waals surface area (Å²) in [6.07, 6.45) is 3.98. The minimum atomic E-state index is -0.551. The maximum atomic E-state index is 11.8. The zero-order chi connectivity index (χ0) is 14.1. The van der Waals surface area contributed by atoms with Crippen LogP contribution in [-0.4, -0.2) is 31.2 Å². The van der Waals surface area contributed by atoms with Crippen LogP contribution in [0.1, 0.15) is 23.6 Å². The second-order valence-corrected chi connectivity index (χ2v) is 3.95. The van der Waals surface area contributed by atoms with Crippen LogP contribution in [0.2, 0.25) is 0 Å². The first-order valence-corrected chi connectivity index (χ1v) is 5.93. The maximum absolute atomic E-state index is 11.8. The van der Waals surface area contributed by atoms with Crippen molar-refractivity contribution < 1.29 is 9.53 Å². The van der Waals surface area contributed by atoms with Gasteiger partial charge in [-0.2, -0.15) is 0 Å². The largest absolute Gasteiger partial charge is 0.468 e. The molecule has 7 heteroatoms. The molecular weight excluding hydrogens is 246 g/mol. The van der Waals surface area contributed by atoms with E-state index < -0.39 is 6.04 Å². The highest BCUT2D eigenvalue weighted by Crippen LogP contribution is 2.17. The highest BCUT2D eigenvalue weighted by atomic mass is 16.5. The summed E-state index contributed by atoms with van der Waals surface area (Å²) in [7, 11) is 1.35. The molecule has 102 valence electrons. The smallest absolute Gasteiger partial charge is 0.327 e. The molecule has 0 aliphatic carbocycles. The minimum absolute atomic E-state index is 0.361. The Morgan fingerprint density at radius 2 is 2.47 bits per heavy atom. The Labute approximate surface area is 111 Å². The Hall–Kier alpha value is -2.11. The lowest BCUT2D eigenvalue weighted by Crippen LogP contribution is -2.31. The molecule has 0 fully saturated rings. The van der Waals surface area contributed by atoms with Gasteiger partial charge in [-0.25, -0.2) is 4.79 Å². The van der Waals surface area contributed by atoms with Crippen molar-refractivity contribution in [3.8, 4) is 0 Å². The van der Waals surface area contributed by atoms with E-state index in [0.717, 1.165) is 11.1 Å². The van der Waals surface area contributed by atoms with E-state index in [9.17, 15) is 4.79 Å². The first kappa shape index (κ1) is 14.9. The predicted octanol–water partition coefficient (Wildman–Crippen LogP) is 1.89. The lowest BCUT2D eigenvalue weighted by atomic mass is 10.0. The van der Waals surface area contributed by atoms with Crippen molar-refractivity contribution in [1.82, 2.24) is 10.3 Å². The molecule has 1 aromatic heterocycles. The summed E-state index contributed by atoms with van der Waals surface area (Å²) >= 11 is 0. The summed E-state index contributed by atoms with van der Waals surface area (Å²) < 4.78 is 4.79. The molecule has 19 heavy (non-hydrogen) atoms. The zero-order valence-corrected chi connectivity index (χ0v) is 11.0. The predicted molar refractivity (Wildman–Crippen MR) is 70.4 cm³/mol. The van der Waals surface area contributed by atoms with Gasteiger partial charge in [0.05, 0.1) is 7.11 Å². The number of carbonyl (C=O) groups is 1. The molecule has 0 aliphatic rings. The SMILES string of the molecule is COC(=O)C(NCCCN=[N+]=[N-])c1cnccc1C. The summed E-state index contributed by atoms with van der Waals surface area (Å²) in [5.74, 6) is -0.361. The number of pyridine rings is 1. The number of rotatable bonds is 7. The number of methoxy groups -OCH3 is 1. The summed E-state index contributed by atoms with van der Waals surface area (Å²) in [4.78, 5) is 18.5. The normalized spacial score (nSPS) is 11.5. The van der Waals surface area contributed by atoms with Crippen LogP contribution in [0.15, 0.2) is 23.6 Å². The average Bonchev–Trinajstić information content (AvgIpc) is 2.43. The van der Waals surface area contributed by atoms with Gasteiger partial charge in [0.15, 0.2) is 0 Å². The van der Waals surface area contributed by atoms with Crippen LogP contribution in [0.4, 0.5) is 0 Å². The Morgan fingerprint density at radius 3 is 3.11 bits per heavy atom. The fraction of sp³-hybridized carbons (Fsp3) is 0.500. The van der Waals surface area contributed by atoms with Crippen LogP contribution in [0.5, 0.6) is 0 Å². The first-order chi connectivity index (χ1) is 9.20. The van der Waals surface area contributed by atoms with Crippen LogP contribution in [0.3, 0.4) is 0 Å². The van der Waals surface area contributed by atoms with Gasteiger partial charge >= 0.3 is 5.97 Å². The Bertz CT molecular complexity index is 471. The molecule has 1 N–H and O–H groups in total. The van der Waals surface area contributed by atoms with Gasteiger partial charge in [0.1, 0.15) is 6.04 Å². The fourth-order valence-electron chi connectivity index (χ4n) is 1.66. The van der Waals surface area contributed by atoms with E-state index in [1.165, 1.54) is 7.11 Å². The number of nitrogens with one attached hydrogen (secondary N) is 1. The molecule has 1 unspecified atom stereocenters. The number of azide groups is 1. The molecule has 1 atom stereocenters. The number of hydrogen-bond donors (Lipinski definition) is 1. The van der Waals surface area contributed by atoms with Crippen LogP contribution in [-0.2, 0) is 9.53 Å². The van der Waals surface area contributed by atoms with Gasteiger partial charge in [0, 0.05) is 29.4 Å². The highest BCUT2D eigenvalue weighted by Gasteiger charge is 2.22. The topological polar surface area (TPSA) is 100.0 Å². The molecule has 0 bridgehead atoms. The number of nitrogens with zero attached hydrogens (tertiary/aromatic N) is 4. The number of aromatic nitrogens is 1. The van der Waals surface area contributed by atoms with Crippen molar-refractivity contribution in [2.24, 2.45) is 5.11 Å². The van der Waals surface area contributed by atoms with Crippen molar-refractivity contribution in [3.63, 3.8) is 0 Å². The molecular formula is C12H17N5O2. The number of aryl methyl sites for hydroxylation is 1. The van der Waals surface area contributed by atoms with Gasteiger partial charge in [-0.1, -0.05) is 5.11 Å². The van der Waals surface area contributed by atoms with E-state index in [-0.39, 0.29) is 5.97 Å². The molecule has 0 saturated carbocycles. The lowest BCUT2D eigenvalue weighted by Gasteiger charge is -2.18. The van der Waals surface area contributed by atoms with Crippen molar-refractivity contribution in [2.45, 2.75) is 19.4 Å². The van der Waals surface area contributed by atoms with Gasteiger partial charge in [0.2, 0.25) is 0 Å². The van der Waals surface area contributed by atoms with Crippen LogP contribution >= 0.6 is 0 Å². The standard InChI is InChI=1S/C12H17N5O2/c1-9-4-7-14-8-10(9)11(12(18)19-2)15-5-3-6-16-17-13/h4,7-8,11,15H,3,5-6H2,1-2H3. The fourth-order valence-corrected chi connectivity index (χ4v) is 1.66. The molecule has 0 aliphatic heterocycles. The third-order valence-corrected chi connectivity index (χ3v) is 2.67. The summed E-state index contributed by atoms with van der Waals surface area (Å²) in [5.41, 5.74) is 9.93. The van der Waals surface area contributed by atoms with E-state index >= 15 is 0 Å². The molecule has 0 spiro atoms. The van der Waals surface area contributed by atoms with E-state index in [0.29, 0.717) is 19.5 Å². The second kappa shape index (κ2) is 8.07. The van der Waals surface area contributed by atoms with Gasteiger partial charge in [-0.05, 0) is 37.1 Å². The molecule has 1 rings (SSSR count). The molecule has 7 nitrogen and oxygen atoms in total. The van der Waals surface area contributed by atoms with Crippen LogP contribution < -0.4 is 5.32 Å². The Balaban J connectivity index is 2.70. The van der Waals surface area contributed by atoms with Gasteiger partial charge in [-0.3, -0.25) is 4.98 Å². The molecule has 0 saturated heterocycles.